The third kappa shape index (κ3) is 2.83. The van der Waals surface area contributed by atoms with Gasteiger partial charge in [-0.3, -0.25) is 0 Å². The summed E-state index contributed by atoms with van der Waals surface area (Å²) in [6, 6.07) is 8.26. The molecule has 0 unspecified atom stereocenters. The lowest BCUT2D eigenvalue weighted by Gasteiger charge is -2.07. The summed E-state index contributed by atoms with van der Waals surface area (Å²) in [5, 5.41) is 2.97. The number of thiazole rings is 1. The fourth-order valence-corrected chi connectivity index (χ4v) is 1.95. The van der Waals surface area contributed by atoms with Crippen molar-refractivity contribution in [2.24, 2.45) is 0 Å². The highest BCUT2D eigenvalue weighted by molar-refractivity contribution is 7.09. The molecule has 0 fully saturated rings. The molecule has 0 aliphatic heterocycles. The molecule has 0 aliphatic rings. The molecule has 0 saturated heterocycles. The lowest BCUT2D eigenvalue weighted by atomic mass is 10.0. The van der Waals surface area contributed by atoms with E-state index >= 15 is 0 Å². The molecular formula is C13H15NOS. The first kappa shape index (κ1) is 11.1. The number of hydrogen-bond donors (Lipinski definition) is 0. The van der Waals surface area contributed by atoms with Crippen LogP contribution < -0.4 is 4.74 Å². The molecule has 2 aromatic rings. The number of aromatic nitrogens is 1. The van der Waals surface area contributed by atoms with Crippen LogP contribution in [0.5, 0.6) is 5.75 Å². The van der Waals surface area contributed by atoms with Gasteiger partial charge in [-0.05, 0) is 23.6 Å². The van der Waals surface area contributed by atoms with E-state index < -0.39 is 0 Å². The Bertz CT molecular complexity index is 420. The SMILES string of the molecule is CC(C)c1ccc(OCc2nccs2)cc1. The van der Waals surface area contributed by atoms with Crippen LogP contribution in [0.25, 0.3) is 0 Å². The summed E-state index contributed by atoms with van der Waals surface area (Å²) in [7, 11) is 0. The van der Waals surface area contributed by atoms with Crippen molar-refractivity contribution in [3.63, 3.8) is 0 Å². The van der Waals surface area contributed by atoms with Crippen molar-refractivity contribution in [2.45, 2.75) is 26.4 Å². The maximum absolute atomic E-state index is 5.63. The van der Waals surface area contributed by atoms with Crippen LogP contribution in [0.15, 0.2) is 35.8 Å². The van der Waals surface area contributed by atoms with Gasteiger partial charge in [-0.1, -0.05) is 26.0 Å². The van der Waals surface area contributed by atoms with E-state index in [9.17, 15) is 0 Å². The molecule has 1 heterocycles. The fourth-order valence-electron chi connectivity index (χ4n) is 1.42. The quantitative estimate of drug-likeness (QED) is 0.800. The molecule has 0 saturated carbocycles. The molecule has 84 valence electrons. The van der Waals surface area contributed by atoms with E-state index in [4.69, 9.17) is 4.74 Å². The van der Waals surface area contributed by atoms with Crippen molar-refractivity contribution in [3.05, 3.63) is 46.4 Å². The topological polar surface area (TPSA) is 22.1 Å². The number of nitrogens with zero attached hydrogens (tertiary/aromatic N) is 1. The van der Waals surface area contributed by atoms with Crippen LogP contribution in [0.2, 0.25) is 0 Å². The van der Waals surface area contributed by atoms with E-state index in [1.54, 1.807) is 17.5 Å². The van der Waals surface area contributed by atoms with Crippen molar-refractivity contribution in [1.82, 2.24) is 4.98 Å². The summed E-state index contributed by atoms with van der Waals surface area (Å²) >= 11 is 1.61. The Morgan fingerprint density at radius 3 is 2.56 bits per heavy atom. The lowest BCUT2D eigenvalue weighted by molar-refractivity contribution is 0.305. The van der Waals surface area contributed by atoms with Gasteiger partial charge in [0.05, 0.1) is 0 Å². The Kier molecular flexibility index (Phi) is 3.57. The molecule has 0 amide bonds. The molecule has 2 nitrogen and oxygen atoms in total. The largest absolute Gasteiger partial charge is 0.486 e. The zero-order valence-corrected chi connectivity index (χ0v) is 10.3. The third-order valence-corrected chi connectivity index (χ3v) is 3.15. The van der Waals surface area contributed by atoms with E-state index in [0.717, 1.165) is 10.8 Å². The Hall–Kier alpha value is -1.35. The predicted molar refractivity (Wildman–Crippen MR) is 67.0 cm³/mol. The second-order valence-electron chi connectivity index (χ2n) is 3.94. The molecule has 3 heteroatoms. The summed E-state index contributed by atoms with van der Waals surface area (Å²) in [4.78, 5) is 4.17. The van der Waals surface area contributed by atoms with Crippen LogP contribution in [0.1, 0.15) is 30.3 Å². The molecular weight excluding hydrogens is 218 g/mol. The fraction of sp³-hybridized carbons (Fsp3) is 0.308. The third-order valence-electron chi connectivity index (χ3n) is 2.39. The van der Waals surface area contributed by atoms with Crippen molar-refractivity contribution in [1.29, 1.82) is 0 Å². The van der Waals surface area contributed by atoms with E-state index in [1.165, 1.54) is 5.56 Å². The van der Waals surface area contributed by atoms with Crippen molar-refractivity contribution in [2.75, 3.05) is 0 Å². The van der Waals surface area contributed by atoms with E-state index in [2.05, 4.69) is 31.0 Å². The van der Waals surface area contributed by atoms with Crippen molar-refractivity contribution < 1.29 is 4.74 Å². The Balaban J connectivity index is 1.95. The minimum absolute atomic E-state index is 0.554. The summed E-state index contributed by atoms with van der Waals surface area (Å²) in [5.41, 5.74) is 1.33. The van der Waals surface area contributed by atoms with Crippen LogP contribution in [0.3, 0.4) is 0 Å². The number of benzene rings is 1. The molecule has 0 N–H and O–H groups in total. The molecule has 0 atom stereocenters. The zero-order valence-electron chi connectivity index (χ0n) is 9.51. The monoisotopic (exact) mass is 233 g/mol. The van der Waals surface area contributed by atoms with Crippen LogP contribution in [0, 0.1) is 0 Å². The van der Waals surface area contributed by atoms with E-state index in [1.807, 2.05) is 17.5 Å². The molecule has 16 heavy (non-hydrogen) atoms. The standard InChI is InChI=1S/C13H15NOS/c1-10(2)11-3-5-12(6-4-11)15-9-13-14-7-8-16-13/h3-8,10H,9H2,1-2H3. The average molecular weight is 233 g/mol. The minimum Gasteiger partial charge on any atom is -0.486 e. The van der Waals surface area contributed by atoms with Crippen molar-refractivity contribution >= 4 is 11.3 Å². The normalized spacial score (nSPS) is 10.7. The molecule has 0 spiro atoms. The van der Waals surface area contributed by atoms with Gasteiger partial charge in [0.2, 0.25) is 0 Å². The first-order valence-electron chi connectivity index (χ1n) is 5.37. The highest BCUT2D eigenvalue weighted by Gasteiger charge is 2.00. The first-order valence-corrected chi connectivity index (χ1v) is 6.25. The molecule has 1 aromatic carbocycles. The molecule has 1 aromatic heterocycles. The zero-order chi connectivity index (χ0) is 11.4. The van der Waals surface area contributed by atoms with Gasteiger partial charge in [-0.15, -0.1) is 11.3 Å². The smallest absolute Gasteiger partial charge is 0.140 e. The van der Waals surface area contributed by atoms with Gasteiger partial charge < -0.3 is 4.74 Å². The van der Waals surface area contributed by atoms with Crippen LogP contribution in [-0.2, 0) is 6.61 Å². The van der Waals surface area contributed by atoms with E-state index in [-0.39, 0.29) is 0 Å². The van der Waals surface area contributed by atoms with Gasteiger partial charge in [0, 0.05) is 11.6 Å². The number of rotatable bonds is 4. The summed E-state index contributed by atoms with van der Waals surface area (Å²) in [6.07, 6.45) is 1.80. The maximum Gasteiger partial charge on any atom is 0.140 e. The van der Waals surface area contributed by atoms with Gasteiger partial charge in [0.25, 0.3) is 0 Å². The first-order chi connectivity index (χ1) is 7.75. The van der Waals surface area contributed by atoms with Gasteiger partial charge in [-0.2, -0.15) is 0 Å². The maximum atomic E-state index is 5.63. The van der Waals surface area contributed by atoms with Gasteiger partial charge in [0.1, 0.15) is 17.4 Å². The Morgan fingerprint density at radius 1 is 1.25 bits per heavy atom. The second kappa shape index (κ2) is 5.12. The minimum atomic E-state index is 0.554. The Labute approximate surface area is 99.9 Å². The Morgan fingerprint density at radius 2 is 2.00 bits per heavy atom. The summed E-state index contributed by atoms with van der Waals surface area (Å²) < 4.78 is 5.63. The van der Waals surface area contributed by atoms with Gasteiger partial charge >= 0.3 is 0 Å². The van der Waals surface area contributed by atoms with Crippen LogP contribution >= 0.6 is 11.3 Å². The summed E-state index contributed by atoms with van der Waals surface area (Å²) in [6.45, 7) is 4.93. The van der Waals surface area contributed by atoms with Crippen molar-refractivity contribution in [3.8, 4) is 5.75 Å². The number of ether oxygens (including phenoxy) is 1. The van der Waals surface area contributed by atoms with Gasteiger partial charge in [-0.25, -0.2) is 4.98 Å². The molecule has 2 rings (SSSR count). The highest BCUT2D eigenvalue weighted by Crippen LogP contribution is 2.19. The molecule has 0 bridgehead atoms. The molecule has 0 aliphatic carbocycles. The van der Waals surface area contributed by atoms with Crippen LogP contribution in [-0.4, -0.2) is 4.98 Å². The number of hydrogen-bond acceptors (Lipinski definition) is 3. The summed E-state index contributed by atoms with van der Waals surface area (Å²) in [5.74, 6) is 1.47. The van der Waals surface area contributed by atoms with Crippen LogP contribution in [0.4, 0.5) is 0 Å². The van der Waals surface area contributed by atoms with E-state index in [0.29, 0.717) is 12.5 Å². The van der Waals surface area contributed by atoms with Gasteiger partial charge in [0.15, 0.2) is 0 Å². The second-order valence-corrected chi connectivity index (χ2v) is 4.92. The lowest BCUT2D eigenvalue weighted by Crippen LogP contribution is -1.95. The molecule has 0 radical (unpaired) electrons. The predicted octanol–water partition coefficient (Wildman–Crippen LogP) is 3.85. The highest BCUT2D eigenvalue weighted by atomic mass is 32.1. The average Bonchev–Trinajstić information content (AvgIpc) is 2.80.